The fourth-order valence-corrected chi connectivity index (χ4v) is 3.01. The fraction of sp³-hybridized carbons (Fsp3) is 0.375. The van der Waals surface area contributed by atoms with Crippen LogP contribution in [-0.4, -0.2) is 54.5 Å². The second-order valence-electron chi connectivity index (χ2n) is 5.72. The third-order valence-corrected chi connectivity index (χ3v) is 4.23. The molecule has 1 aliphatic rings. The smallest absolute Gasteiger partial charge is 0.227 e. The van der Waals surface area contributed by atoms with Gasteiger partial charge in [0.15, 0.2) is 0 Å². The monoisotopic (exact) mass is 301 g/mol. The van der Waals surface area contributed by atoms with E-state index in [-0.39, 0.29) is 12.5 Å². The third-order valence-electron chi connectivity index (χ3n) is 4.23. The van der Waals surface area contributed by atoms with Gasteiger partial charge in [-0.1, -0.05) is 18.2 Å². The minimum absolute atomic E-state index is 0.0183. The Bertz CT molecular complexity index is 687. The van der Waals surface area contributed by atoms with Crippen LogP contribution in [0.4, 0.5) is 0 Å². The van der Waals surface area contributed by atoms with Crippen molar-refractivity contribution in [3.63, 3.8) is 0 Å². The van der Waals surface area contributed by atoms with Crippen molar-refractivity contribution < 1.29 is 19.6 Å². The Labute approximate surface area is 128 Å². The molecular formula is C16H19N3O3. The number of aliphatic carboxylic acids is 1. The quantitative estimate of drug-likeness (QED) is 0.698. The number of quaternary nitrogens is 1. The summed E-state index contributed by atoms with van der Waals surface area (Å²) in [6.45, 7) is 2.54. The van der Waals surface area contributed by atoms with Crippen molar-refractivity contribution in [1.29, 1.82) is 0 Å². The summed E-state index contributed by atoms with van der Waals surface area (Å²) < 4.78 is 0. The number of hydrogen-bond acceptors (Lipinski definition) is 3. The molecule has 116 valence electrons. The lowest BCUT2D eigenvalue weighted by Gasteiger charge is -2.32. The molecular weight excluding hydrogens is 282 g/mol. The Kier molecular flexibility index (Phi) is 4.11. The molecule has 1 aliphatic heterocycles. The first-order valence-electron chi connectivity index (χ1n) is 7.49. The number of fused-ring (bicyclic) bond motifs is 1. The SMILES string of the molecule is O=C([O-])C[NH+]1CCN(C(=O)Cc2c[nH]c3ccccc23)CC1. The number of para-hydroxylation sites is 1. The van der Waals surface area contributed by atoms with E-state index in [2.05, 4.69) is 4.98 Å². The zero-order valence-electron chi connectivity index (χ0n) is 12.3. The van der Waals surface area contributed by atoms with E-state index in [0.717, 1.165) is 21.4 Å². The maximum Gasteiger partial charge on any atom is 0.227 e. The number of carbonyl (C=O) groups is 2. The maximum atomic E-state index is 12.4. The molecule has 1 amide bonds. The molecule has 1 saturated heterocycles. The van der Waals surface area contributed by atoms with Gasteiger partial charge in [-0.2, -0.15) is 0 Å². The molecule has 0 aliphatic carbocycles. The van der Waals surface area contributed by atoms with Crippen molar-refractivity contribution in [3.05, 3.63) is 36.0 Å². The molecule has 6 heteroatoms. The number of piperazine rings is 1. The van der Waals surface area contributed by atoms with Gasteiger partial charge in [-0.25, -0.2) is 0 Å². The highest BCUT2D eigenvalue weighted by Crippen LogP contribution is 2.18. The highest BCUT2D eigenvalue weighted by molar-refractivity contribution is 5.88. The van der Waals surface area contributed by atoms with Gasteiger partial charge in [-0.15, -0.1) is 0 Å². The second-order valence-corrected chi connectivity index (χ2v) is 5.72. The van der Waals surface area contributed by atoms with E-state index in [9.17, 15) is 14.7 Å². The lowest BCUT2D eigenvalue weighted by Crippen LogP contribution is -3.16. The number of carbonyl (C=O) groups excluding carboxylic acids is 2. The summed E-state index contributed by atoms with van der Waals surface area (Å²) in [5.41, 5.74) is 2.04. The number of nitrogens with zero attached hydrogens (tertiary/aromatic N) is 1. The molecule has 0 saturated carbocycles. The maximum absolute atomic E-state index is 12.4. The molecule has 0 spiro atoms. The summed E-state index contributed by atoms with van der Waals surface area (Å²) in [5, 5.41) is 11.7. The molecule has 3 rings (SSSR count). The molecule has 0 unspecified atom stereocenters. The van der Waals surface area contributed by atoms with Crippen LogP contribution < -0.4 is 10.0 Å². The summed E-state index contributed by atoms with van der Waals surface area (Å²) in [6, 6.07) is 7.93. The van der Waals surface area contributed by atoms with Gasteiger partial charge in [0, 0.05) is 17.1 Å². The average molecular weight is 301 g/mol. The van der Waals surface area contributed by atoms with E-state index >= 15 is 0 Å². The van der Waals surface area contributed by atoms with E-state index in [1.165, 1.54) is 0 Å². The van der Waals surface area contributed by atoms with Crippen molar-refractivity contribution in [2.45, 2.75) is 6.42 Å². The third kappa shape index (κ3) is 3.12. The number of carboxylic acid groups (broad SMARTS) is 1. The van der Waals surface area contributed by atoms with Crippen LogP contribution in [0, 0.1) is 0 Å². The predicted molar refractivity (Wildman–Crippen MR) is 79.2 cm³/mol. The van der Waals surface area contributed by atoms with Crippen LogP contribution in [0.25, 0.3) is 10.9 Å². The van der Waals surface area contributed by atoms with Crippen LogP contribution in [0.5, 0.6) is 0 Å². The number of hydrogen-bond donors (Lipinski definition) is 2. The van der Waals surface area contributed by atoms with Gasteiger partial charge in [0.2, 0.25) is 5.91 Å². The standard InChI is InChI=1S/C16H19N3O3/c20-15(19-7-5-18(6-8-19)11-16(21)22)9-12-10-17-14-4-2-1-3-13(12)14/h1-4,10,17H,5-9,11H2,(H,21,22). The van der Waals surface area contributed by atoms with Gasteiger partial charge in [0.25, 0.3) is 0 Å². The molecule has 1 aromatic carbocycles. The summed E-state index contributed by atoms with van der Waals surface area (Å²) in [5.74, 6) is -0.939. The van der Waals surface area contributed by atoms with E-state index in [0.29, 0.717) is 32.6 Å². The fourth-order valence-electron chi connectivity index (χ4n) is 3.01. The van der Waals surface area contributed by atoms with Crippen molar-refractivity contribution in [2.75, 3.05) is 32.7 Å². The van der Waals surface area contributed by atoms with E-state index < -0.39 is 5.97 Å². The molecule has 6 nitrogen and oxygen atoms in total. The van der Waals surface area contributed by atoms with Crippen molar-refractivity contribution >= 4 is 22.8 Å². The van der Waals surface area contributed by atoms with Crippen molar-refractivity contribution in [2.24, 2.45) is 0 Å². The lowest BCUT2D eigenvalue weighted by atomic mass is 10.1. The predicted octanol–water partition coefficient (Wildman–Crippen LogP) is -1.81. The number of rotatable bonds is 4. The minimum atomic E-state index is -1.03. The molecule has 0 atom stereocenters. The van der Waals surface area contributed by atoms with Gasteiger partial charge in [-0.05, 0) is 11.6 Å². The Morgan fingerprint density at radius 2 is 1.95 bits per heavy atom. The van der Waals surface area contributed by atoms with Gasteiger partial charge in [0.05, 0.1) is 38.6 Å². The number of aromatic nitrogens is 1. The van der Waals surface area contributed by atoms with Crippen LogP contribution in [-0.2, 0) is 16.0 Å². The highest BCUT2D eigenvalue weighted by atomic mass is 16.4. The Morgan fingerprint density at radius 3 is 2.68 bits per heavy atom. The van der Waals surface area contributed by atoms with Gasteiger partial charge < -0.3 is 24.7 Å². The minimum Gasteiger partial charge on any atom is -0.544 e. The summed E-state index contributed by atoms with van der Waals surface area (Å²) in [7, 11) is 0. The molecule has 2 heterocycles. The number of carboxylic acids is 1. The molecule has 2 aromatic rings. The van der Waals surface area contributed by atoms with Crippen LogP contribution in [0.1, 0.15) is 5.56 Å². The Hall–Kier alpha value is -2.34. The highest BCUT2D eigenvalue weighted by Gasteiger charge is 2.24. The molecule has 2 N–H and O–H groups in total. The number of benzene rings is 1. The zero-order valence-corrected chi connectivity index (χ0v) is 12.3. The Morgan fingerprint density at radius 1 is 1.23 bits per heavy atom. The van der Waals surface area contributed by atoms with Crippen LogP contribution in [0.15, 0.2) is 30.5 Å². The van der Waals surface area contributed by atoms with E-state index in [1.807, 2.05) is 35.4 Å². The average Bonchev–Trinajstić information content (AvgIpc) is 2.91. The number of H-pyrrole nitrogens is 1. The second kappa shape index (κ2) is 6.19. The van der Waals surface area contributed by atoms with Crippen molar-refractivity contribution in [1.82, 2.24) is 9.88 Å². The summed E-state index contributed by atoms with van der Waals surface area (Å²) in [6.07, 6.45) is 2.26. The lowest BCUT2D eigenvalue weighted by molar-refractivity contribution is -0.898. The summed E-state index contributed by atoms with van der Waals surface area (Å²) in [4.78, 5) is 29.0. The summed E-state index contributed by atoms with van der Waals surface area (Å²) >= 11 is 0. The zero-order chi connectivity index (χ0) is 15.5. The van der Waals surface area contributed by atoms with Gasteiger partial charge in [0.1, 0.15) is 6.54 Å². The van der Waals surface area contributed by atoms with E-state index in [1.54, 1.807) is 0 Å². The normalized spacial score (nSPS) is 16.1. The van der Waals surface area contributed by atoms with Crippen LogP contribution >= 0.6 is 0 Å². The molecule has 1 fully saturated rings. The van der Waals surface area contributed by atoms with Gasteiger partial charge in [-0.3, -0.25) is 4.79 Å². The largest absolute Gasteiger partial charge is 0.544 e. The van der Waals surface area contributed by atoms with E-state index in [4.69, 9.17) is 0 Å². The first-order chi connectivity index (χ1) is 10.6. The van der Waals surface area contributed by atoms with Crippen LogP contribution in [0.2, 0.25) is 0 Å². The molecule has 0 bridgehead atoms. The molecule has 22 heavy (non-hydrogen) atoms. The Balaban J connectivity index is 1.60. The molecule has 0 radical (unpaired) electrons. The van der Waals surface area contributed by atoms with Crippen molar-refractivity contribution in [3.8, 4) is 0 Å². The topological polar surface area (TPSA) is 80.7 Å². The molecule has 1 aromatic heterocycles. The van der Waals surface area contributed by atoms with Gasteiger partial charge >= 0.3 is 0 Å². The number of amides is 1. The van der Waals surface area contributed by atoms with Crippen LogP contribution in [0.3, 0.4) is 0 Å². The number of aromatic amines is 1. The number of nitrogens with one attached hydrogen (secondary N) is 2. The first-order valence-corrected chi connectivity index (χ1v) is 7.49. The first kappa shape index (κ1) is 14.6.